The SMILES string of the molecule is O=C(O)CC1(NC(=O)c2ccc3noc(-c4ccccc4)c3c2)CCC1. The second-order valence-corrected chi connectivity index (χ2v) is 6.77. The average molecular weight is 350 g/mol. The van der Waals surface area contributed by atoms with Crippen LogP contribution in [0.25, 0.3) is 22.2 Å². The Bertz CT molecular complexity index is 974. The van der Waals surface area contributed by atoms with Crippen molar-refractivity contribution < 1.29 is 19.2 Å². The number of nitrogens with zero attached hydrogens (tertiary/aromatic N) is 1. The maximum Gasteiger partial charge on any atom is 0.305 e. The number of rotatable bonds is 5. The largest absolute Gasteiger partial charge is 0.481 e. The van der Waals surface area contributed by atoms with Gasteiger partial charge in [-0.3, -0.25) is 9.59 Å². The highest BCUT2D eigenvalue weighted by atomic mass is 16.5. The van der Waals surface area contributed by atoms with Gasteiger partial charge in [-0.2, -0.15) is 0 Å². The van der Waals surface area contributed by atoms with Crippen molar-refractivity contribution >= 4 is 22.8 Å². The van der Waals surface area contributed by atoms with E-state index in [-0.39, 0.29) is 12.3 Å². The zero-order valence-corrected chi connectivity index (χ0v) is 14.1. The van der Waals surface area contributed by atoms with Crippen molar-refractivity contribution in [1.82, 2.24) is 10.5 Å². The Labute approximate surface area is 149 Å². The first-order valence-corrected chi connectivity index (χ1v) is 8.56. The molecule has 6 nitrogen and oxygen atoms in total. The Morgan fingerprint density at radius 2 is 1.92 bits per heavy atom. The van der Waals surface area contributed by atoms with E-state index in [9.17, 15) is 9.59 Å². The molecule has 0 aliphatic heterocycles. The summed E-state index contributed by atoms with van der Waals surface area (Å²) in [6, 6.07) is 14.7. The van der Waals surface area contributed by atoms with E-state index >= 15 is 0 Å². The van der Waals surface area contributed by atoms with E-state index in [1.165, 1.54) is 0 Å². The maximum absolute atomic E-state index is 12.7. The van der Waals surface area contributed by atoms with Crippen molar-refractivity contribution in [3.8, 4) is 11.3 Å². The lowest BCUT2D eigenvalue weighted by atomic mass is 9.74. The summed E-state index contributed by atoms with van der Waals surface area (Å²) in [7, 11) is 0. The zero-order valence-electron chi connectivity index (χ0n) is 14.1. The van der Waals surface area contributed by atoms with Gasteiger partial charge in [-0.25, -0.2) is 0 Å². The molecule has 0 spiro atoms. The molecule has 2 aromatic carbocycles. The minimum absolute atomic E-state index is 0.0521. The molecule has 1 amide bonds. The summed E-state index contributed by atoms with van der Waals surface area (Å²) < 4.78 is 5.46. The van der Waals surface area contributed by atoms with Gasteiger partial charge in [-0.1, -0.05) is 35.5 Å². The first-order valence-electron chi connectivity index (χ1n) is 8.56. The summed E-state index contributed by atoms with van der Waals surface area (Å²) in [4.78, 5) is 23.8. The summed E-state index contributed by atoms with van der Waals surface area (Å²) in [6.45, 7) is 0. The predicted octanol–water partition coefficient (Wildman–Crippen LogP) is 3.62. The molecule has 0 saturated heterocycles. The average Bonchev–Trinajstić information content (AvgIpc) is 3.03. The number of hydrogen-bond donors (Lipinski definition) is 2. The van der Waals surface area contributed by atoms with Gasteiger partial charge in [0.15, 0.2) is 5.76 Å². The molecule has 0 radical (unpaired) electrons. The van der Waals surface area contributed by atoms with Crippen LogP contribution in [0.15, 0.2) is 53.1 Å². The first kappa shape index (κ1) is 16.3. The van der Waals surface area contributed by atoms with Crippen LogP contribution >= 0.6 is 0 Å². The fourth-order valence-corrected chi connectivity index (χ4v) is 3.43. The van der Waals surface area contributed by atoms with Crippen LogP contribution in [0.1, 0.15) is 36.0 Å². The molecule has 1 heterocycles. The lowest BCUT2D eigenvalue weighted by Crippen LogP contribution is -2.54. The lowest BCUT2D eigenvalue weighted by molar-refractivity contribution is -0.139. The molecular weight excluding hydrogens is 332 g/mol. The maximum atomic E-state index is 12.7. The Morgan fingerprint density at radius 3 is 2.58 bits per heavy atom. The molecule has 0 unspecified atom stereocenters. The molecule has 4 rings (SSSR count). The molecule has 3 aromatic rings. The first-order chi connectivity index (χ1) is 12.6. The van der Waals surface area contributed by atoms with Gasteiger partial charge in [-0.15, -0.1) is 0 Å². The molecule has 1 fully saturated rings. The summed E-state index contributed by atoms with van der Waals surface area (Å²) in [6.07, 6.45) is 2.26. The van der Waals surface area contributed by atoms with Crippen molar-refractivity contribution in [3.05, 3.63) is 54.1 Å². The van der Waals surface area contributed by atoms with Crippen LogP contribution in [0, 0.1) is 0 Å². The highest BCUT2D eigenvalue weighted by Gasteiger charge is 2.40. The van der Waals surface area contributed by atoms with E-state index in [0.717, 1.165) is 17.4 Å². The van der Waals surface area contributed by atoms with E-state index in [1.54, 1.807) is 18.2 Å². The molecule has 2 N–H and O–H groups in total. The van der Waals surface area contributed by atoms with Gasteiger partial charge in [-0.05, 0) is 37.5 Å². The lowest BCUT2D eigenvalue weighted by Gasteiger charge is -2.41. The molecule has 1 saturated carbocycles. The molecular formula is C20H18N2O4. The summed E-state index contributed by atoms with van der Waals surface area (Å²) >= 11 is 0. The number of fused-ring (bicyclic) bond motifs is 1. The minimum atomic E-state index is -0.897. The Balaban J connectivity index is 1.65. The fraction of sp³-hybridized carbons (Fsp3) is 0.250. The zero-order chi connectivity index (χ0) is 18.1. The van der Waals surface area contributed by atoms with Crippen LogP contribution in [-0.2, 0) is 4.79 Å². The number of amides is 1. The smallest absolute Gasteiger partial charge is 0.305 e. The third kappa shape index (κ3) is 2.94. The van der Waals surface area contributed by atoms with Crippen molar-refractivity contribution in [2.24, 2.45) is 0 Å². The van der Waals surface area contributed by atoms with Crippen LogP contribution in [0.2, 0.25) is 0 Å². The van der Waals surface area contributed by atoms with E-state index in [2.05, 4.69) is 10.5 Å². The van der Waals surface area contributed by atoms with E-state index in [1.807, 2.05) is 30.3 Å². The van der Waals surface area contributed by atoms with Gasteiger partial charge in [0.05, 0.1) is 17.3 Å². The number of nitrogens with one attached hydrogen (secondary N) is 1. The molecule has 0 atom stereocenters. The van der Waals surface area contributed by atoms with Crippen LogP contribution < -0.4 is 5.32 Å². The van der Waals surface area contributed by atoms with Crippen molar-refractivity contribution in [2.75, 3.05) is 0 Å². The summed E-state index contributed by atoms with van der Waals surface area (Å²) in [5, 5.41) is 16.8. The quantitative estimate of drug-likeness (QED) is 0.733. The second-order valence-electron chi connectivity index (χ2n) is 6.77. The molecule has 26 heavy (non-hydrogen) atoms. The molecule has 1 aromatic heterocycles. The fourth-order valence-electron chi connectivity index (χ4n) is 3.43. The minimum Gasteiger partial charge on any atom is -0.481 e. The Morgan fingerprint density at radius 1 is 1.15 bits per heavy atom. The van der Waals surface area contributed by atoms with Crippen LogP contribution in [-0.4, -0.2) is 27.7 Å². The molecule has 1 aliphatic carbocycles. The Hall–Kier alpha value is -3.15. The van der Waals surface area contributed by atoms with Crippen LogP contribution in [0.4, 0.5) is 0 Å². The summed E-state index contributed by atoms with van der Waals surface area (Å²) in [5.41, 5.74) is 1.39. The number of aromatic nitrogens is 1. The van der Waals surface area contributed by atoms with E-state index in [0.29, 0.717) is 29.7 Å². The van der Waals surface area contributed by atoms with Gasteiger partial charge in [0.2, 0.25) is 0 Å². The Kier molecular flexibility index (Phi) is 3.95. The standard InChI is InChI=1S/C20H18N2O4/c23-17(24)12-20(9-4-10-20)21-19(25)14-7-8-16-15(11-14)18(26-22-16)13-5-2-1-3-6-13/h1-3,5-8,11H,4,9-10,12H2,(H,21,25)(H,23,24). The number of carbonyl (C=O) groups is 2. The number of hydrogen-bond acceptors (Lipinski definition) is 4. The number of carboxylic acid groups (broad SMARTS) is 1. The van der Waals surface area contributed by atoms with Gasteiger partial charge < -0.3 is 14.9 Å². The topological polar surface area (TPSA) is 92.4 Å². The number of aliphatic carboxylic acids is 1. The van der Waals surface area contributed by atoms with Crippen molar-refractivity contribution in [1.29, 1.82) is 0 Å². The molecule has 1 aliphatic rings. The van der Waals surface area contributed by atoms with E-state index in [4.69, 9.17) is 9.63 Å². The van der Waals surface area contributed by atoms with E-state index < -0.39 is 11.5 Å². The molecule has 132 valence electrons. The van der Waals surface area contributed by atoms with Gasteiger partial charge >= 0.3 is 5.97 Å². The third-order valence-electron chi connectivity index (χ3n) is 4.95. The number of carbonyl (C=O) groups excluding carboxylic acids is 1. The predicted molar refractivity (Wildman–Crippen MR) is 95.7 cm³/mol. The highest BCUT2D eigenvalue weighted by molar-refractivity contribution is 6.01. The van der Waals surface area contributed by atoms with Gasteiger partial charge in [0, 0.05) is 11.1 Å². The second kappa shape index (κ2) is 6.29. The monoisotopic (exact) mass is 350 g/mol. The number of benzene rings is 2. The third-order valence-corrected chi connectivity index (χ3v) is 4.95. The van der Waals surface area contributed by atoms with Gasteiger partial charge in [0.1, 0.15) is 5.52 Å². The van der Waals surface area contributed by atoms with Crippen LogP contribution in [0.3, 0.4) is 0 Å². The van der Waals surface area contributed by atoms with Crippen molar-refractivity contribution in [3.63, 3.8) is 0 Å². The van der Waals surface area contributed by atoms with Crippen molar-refractivity contribution in [2.45, 2.75) is 31.2 Å². The van der Waals surface area contributed by atoms with Gasteiger partial charge in [0.25, 0.3) is 5.91 Å². The van der Waals surface area contributed by atoms with Crippen LogP contribution in [0.5, 0.6) is 0 Å². The molecule has 0 bridgehead atoms. The number of carboxylic acids is 1. The summed E-state index contributed by atoms with van der Waals surface area (Å²) in [5.74, 6) is -0.557. The molecule has 6 heteroatoms. The normalized spacial score (nSPS) is 15.4. The highest BCUT2D eigenvalue weighted by Crippen LogP contribution is 2.35.